The maximum absolute atomic E-state index is 11.9. The number of fused-ring (bicyclic) bond motifs is 3. The second-order valence-electron chi connectivity index (χ2n) is 9.28. The first-order chi connectivity index (χ1) is 12.8. The van der Waals surface area contributed by atoms with Crippen LogP contribution in [0.15, 0.2) is 12.2 Å². The fourth-order valence-electron chi connectivity index (χ4n) is 6.37. The molecule has 6 atom stereocenters. The highest BCUT2D eigenvalue weighted by molar-refractivity contribution is 5.67. The number of esters is 3. The summed E-state index contributed by atoms with van der Waals surface area (Å²) in [5.74, 6) is -1.70. The van der Waals surface area contributed by atoms with Gasteiger partial charge in [-0.05, 0) is 30.8 Å². The van der Waals surface area contributed by atoms with Crippen molar-refractivity contribution < 1.29 is 33.7 Å². The first-order valence-corrected chi connectivity index (χ1v) is 9.74. The molecule has 0 aromatic carbocycles. The fourth-order valence-corrected chi connectivity index (χ4v) is 6.37. The maximum atomic E-state index is 11.9. The van der Waals surface area contributed by atoms with Gasteiger partial charge in [0.1, 0.15) is 12.2 Å². The molecule has 0 heterocycles. The molecule has 0 unspecified atom stereocenters. The highest BCUT2D eigenvalue weighted by atomic mass is 16.6. The van der Waals surface area contributed by atoms with E-state index in [1.54, 1.807) is 0 Å². The highest BCUT2D eigenvalue weighted by Crippen LogP contribution is 2.72. The standard InChI is InChI=1S/C21H30O7/c1-11-16(27-13(3)23)7-15-8-20(10-26-12(2)22)9-17(28-14(4)24)19(5,6)18(20)21(11,15)25/h15-18,25H,1,7-10H2,2-6H3/t15-,16-,17-,18-,20+,21+/m0/s1. The molecule has 156 valence electrons. The van der Waals surface area contributed by atoms with Gasteiger partial charge < -0.3 is 19.3 Å². The lowest BCUT2D eigenvalue weighted by atomic mass is 9.65. The Morgan fingerprint density at radius 2 is 1.68 bits per heavy atom. The van der Waals surface area contributed by atoms with Crippen LogP contribution in [0, 0.1) is 22.7 Å². The minimum absolute atomic E-state index is 0.151. The number of hydrogen-bond acceptors (Lipinski definition) is 7. The summed E-state index contributed by atoms with van der Waals surface area (Å²) in [6.07, 6.45) is 0.613. The Morgan fingerprint density at radius 1 is 1.07 bits per heavy atom. The quantitative estimate of drug-likeness (QED) is 0.443. The first-order valence-electron chi connectivity index (χ1n) is 9.74. The Bertz CT molecular complexity index is 726. The minimum Gasteiger partial charge on any atom is -0.465 e. The molecule has 0 bridgehead atoms. The van der Waals surface area contributed by atoms with E-state index < -0.39 is 34.6 Å². The monoisotopic (exact) mass is 394 g/mol. The van der Waals surface area contributed by atoms with Gasteiger partial charge in [0.2, 0.25) is 0 Å². The molecule has 1 N–H and O–H groups in total. The Kier molecular flexibility index (Phi) is 4.89. The smallest absolute Gasteiger partial charge is 0.303 e. The molecule has 0 aliphatic heterocycles. The van der Waals surface area contributed by atoms with Gasteiger partial charge in [0.25, 0.3) is 0 Å². The number of rotatable bonds is 4. The van der Waals surface area contributed by atoms with Gasteiger partial charge >= 0.3 is 17.9 Å². The molecule has 7 nitrogen and oxygen atoms in total. The topological polar surface area (TPSA) is 99.1 Å². The summed E-state index contributed by atoms with van der Waals surface area (Å²) in [5, 5.41) is 11.9. The van der Waals surface area contributed by atoms with Crippen molar-refractivity contribution in [3.05, 3.63) is 12.2 Å². The van der Waals surface area contributed by atoms with E-state index in [1.165, 1.54) is 20.8 Å². The number of ether oxygens (including phenoxy) is 3. The van der Waals surface area contributed by atoms with Crippen LogP contribution < -0.4 is 0 Å². The normalized spacial score (nSPS) is 40.6. The van der Waals surface area contributed by atoms with Gasteiger partial charge in [0, 0.05) is 37.5 Å². The van der Waals surface area contributed by atoms with Crippen LogP contribution in [0.5, 0.6) is 0 Å². The van der Waals surface area contributed by atoms with Crippen LogP contribution in [0.2, 0.25) is 0 Å². The van der Waals surface area contributed by atoms with E-state index in [9.17, 15) is 19.5 Å². The molecule has 3 aliphatic rings. The van der Waals surface area contributed by atoms with E-state index >= 15 is 0 Å². The van der Waals surface area contributed by atoms with Crippen LogP contribution in [0.4, 0.5) is 0 Å². The Morgan fingerprint density at radius 3 is 2.21 bits per heavy atom. The van der Waals surface area contributed by atoms with E-state index in [-0.39, 0.29) is 30.4 Å². The molecule has 3 saturated carbocycles. The Labute approximate surface area is 165 Å². The Hall–Kier alpha value is -1.89. The lowest BCUT2D eigenvalue weighted by molar-refractivity contribution is -0.154. The fraction of sp³-hybridized carbons (Fsp3) is 0.762. The molecule has 3 rings (SSSR count). The van der Waals surface area contributed by atoms with Gasteiger partial charge in [-0.25, -0.2) is 0 Å². The van der Waals surface area contributed by atoms with Gasteiger partial charge in [-0.1, -0.05) is 20.4 Å². The zero-order valence-corrected chi connectivity index (χ0v) is 17.2. The molecule has 0 radical (unpaired) electrons. The second kappa shape index (κ2) is 6.58. The summed E-state index contributed by atoms with van der Waals surface area (Å²) in [6, 6.07) is 0. The second-order valence-corrected chi connectivity index (χ2v) is 9.28. The van der Waals surface area contributed by atoms with Crippen LogP contribution in [0.25, 0.3) is 0 Å². The van der Waals surface area contributed by atoms with Crippen LogP contribution >= 0.6 is 0 Å². The van der Waals surface area contributed by atoms with Crippen LogP contribution in [0.1, 0.15) is 53.9 Å². The highest BCUT2D eigenvalue weighted by Gasteiger charge is 2.75. The Balaban J connectivity index is 2.02. The van der Waals surface area contributed by atoms with Gasteiger partial charge in [0.05, 0.1) is 12.2 Å². The van der Waals surface area contributed by atoms with Crippen LogP contribution in [-0.2, 0) is 28.6 Å². The summed E-state index contributed by atoms with van der Waals surface area (Å²) in [5.41, 5.74) is -1.90. The predicted octanol–water partition coefficient (Wildman–Crippen LogP) is 2.16. The lowest BCUT2D eigenvalue weighted by Crippen LogP contribution is -2.49. The number of carbonyl (C=O) groups is 3. The summed E-state index contributed by atoms with van der Waals surface area (Å²) in [4.78, 5) is 34.7. The van der Waals surface area contributed by atoms with Gasteiger partial charge in [0.15, 0.2) is 0 Å². The van der Waals surface area contributed by atoms with E-state index in [2.05, 4.69) is 6.58 Å². The van der Waals surface area contributed by atoms with Crippen molar-refractivity contribution in [1.82, 2.24) is 0 Å². The van der Waals surface area contributed by atoms with Crippen molar-refractivity contribution in [2.45, 2.75) is 71.7 Å². The van der Waals surface area contributed by atoms with Gasteiger partial charge in [-0.15, -0.1) is 0 Å². The van der Waals surface area contributed by atoms with E-state index in [1.807, 2.05) is 13.8 Å². The van der Waals surface area contributed by atoms with Crippen molar-refractivity contribution >= 4 is 17.9 Å². The molecular weight excluding hydrogens is 364 g/mol. The molecular formula is C21H30O7. The van der Waals surface area contributed by atoms with Crippen molar-refractivity contribution in [3.8, 4) is 0 Å². The summed E-state index contributed by atoms with van der Waals surface area (Å²) in [7, 11) is 0. The maximum Gasteiger partial charge on any atom is 0.303 e. The summed E-state index contributed by atoms with van der Waals surface area (Å²) in [6.45, 7) is 12.2. The largest absolute Gasteiger partial charge is 0.465 e. The number of hydrogen-bond donors (Lipinski definition) is 1. The zero-order chi connectivity index (χ0) is 21.1. The summed E-state index contributed by atoms with van der Waals surface area (Å²) >= 11 is 0. The minimum atomic E-state index is -1.28. The molecule has 0 aromatic heterocycles. The molecule has 0 amide bonds. The molecule has 7 heteroatoms. The van der Waals surface area contributed by atoms with Crippen molar-refractivity contribution in [3.63, 3.8) is 0 Å². The van der Waals surface area contributed by atoms with Crippen molar-refractivity contribution in [2.24, 2.45) is 22.7 Å². The van der Waals surface area contributed by atoms with Gasteiger partial charge in [-0.2, -0.15) is 0 Å². The number of carbonyl (C=O) groups excluding carboxylic acids is 3. The third-order valence-electron chi connectivity index (χ3n) is 7.07. The summed E-state index contributed by atoms with van der Waals surface area (Å²) < 4.78 is 16.4. The molecule has 28 heavy (non-hydrogen) atoms. The van der Waals surface area contributed by atoms with Crippen LogP contribution in [-0.4, -0.2) is 47.4 Å². The SMILES string of the molecule is C=C1[C@@H](OC(C)=O)C[C@H]2C[C@]3(COC(C)=O)C[C@H](OC(C)=O)C(C)(C)[C@@H]3[C@@]12O. The predicted molar refractivity (Wildman–Crippen MR) is 98.9 cm³/mol. The van der Waals surface area contributed by atoms with E-state index in [4.69, 9.17) is 14.2 Å². The molecule has 0 aromatic rings. The molecule has 0 saturated heterocycles. The third kappa shape index (κ3) is 2.95. The van der Waals surface area contributed by atoms with E-state index in [0.29, 0.717) is 24.8 Å². The lowest BCUT2D eigenvalue weighted by Gasteiger charge is -2.43. The average Bonchev–Trinajstić information content (AvgIpc) is 3.01. The van der Waals surface area contributed by atoms with Crippen molar-refractivity contribution in [2.75, 3.05) is 6.61 Å². The van der Waals surface area contributed by atoms with Crippen molar-refractivity contribution in [1.29, 1.82) is 0 Å². The number of aliphatic hydroxyl groups is 1. The molecule has 3 fully saturated rings. The van der Waals surface area contributed by atoms with Crippen LogP contribution in [0.3, 0.4) is 0 Å². The average molecular weight is 394 g/mol. The third-order valence-corrected chi connectivity index (χ3v) is 7.07. The van der Waals surface area contributed by atoms with Gasteiger partial charge in [-0.3, -0.25) is 14.4 Å². The molecule has 0 spiro atoms. The first kappa shape index (κ1) is 20.8. The molecule has 3 aliphatic carbocycles. The zero-order valence-electron chi connectivity index (χ0n) is 17.2. The van der Waals surface area contributed by atoms with E-state index in [0.717, 1.165) is 0 Å².